The largest absolute Gasteiger partial charge is 0.333 e. The van der Waals surface area contributed by atoms with E-state index in [1.54, 1.807) is 0 Å². The van der Waals surface area contributed by atoms with Crippen LogP contribution in [-0.4, -0.2) is 9.55 Å². The van der Waals surface area contributed by atoms with E-state index in [0.717, 1.165) is 0 Å². The van der Waals surface area contributed by atoms with Crippen molar-refractivity contribution in [1.82, 2.24) is 9.55 Å². The summed E-state index contributed by atoms with van der Waals surface area (Å²) < 4.78 is 2.42. The van der Waals surface area contributed by atoms with E-state index >= 15 is 0 Å². The summed E-state index contributed by atoms with van der Waals surface area (Å²) >= 11 is 0. The third-order valence-electron chi connectivity index (χ3n) is 4.19. The second-order valence-electron chi connectivity index (χ2n) is 5.36. The molecule has 4 aromatic rings. The number of para-hydroxylation sites is 2. The van der Waals surface area contributed by atoms with Gasteiger partial charge in [0.15, 0.2) is 0 Å². The van der Waals surface area contributed by atoms with Gasteiger partial charge < -0.3 is 4.57 Å². The van der Waals surface area contributed by atoms with Crippen molar-refractivity contribution in [3.63, 3.8) is 0 Å². The molecular formula is C19H16N2. The Bertz CT molecular complexity index is 853. The van der Waals surface area contributed by atoms with Crippen LogP contribution in [0.15, 0.2) is 73.1 Å². The molecule has 0 amide bonds. The molecule has 1 unspecified atom stereocenters. The van der Waals surface area contributed by atoms with Crippen LogP contribution >= 0.6 is 0 Å². The summed E-state index contributed by atoms with van der Waals surface area (Å²) in [7, 11) is 0. The Morgan fingerprint density at radius 1 is 0.762 bits per heavy atom. The summed E-state index contributed by atoms with van der Waals surface area (Å²) in [5.74, 6) is 0. The van der Waals surface area contributed by atoms with Crippen LogP contribution in [0, 0.1) is 0 Å². The Morgan fingerprint density at radius 2 is 1.29 bits per heavy atom. The van der Waals surface area contributed by atoms with Crippen molar-refractivity contribution in [2.24, 2.45) is 0 Å². The van der Waals surface area contributed by atoms with Gasteiger partial charge in [0, 0.05) is 34.2 Å². The van der Waals surface area contributed by atoms with Crippen molar-refractivity contribution in [1.29, 1.82) is 0 Å². The lowest BCUT2D eigenvalue weighted by atomic mass is 10.1. The molecule has 21 heavy (non-hydrogen) atoms. The zero-order valence-corrected chi connectivity index (χ0v) is 11.9. The fourth-order valence-corrected chi connectivity index (χ4v) is 3.16. The molecule has 1 atom stereocenters. The van der Waals surface area contributed by atoms with Crippen molar-refractivity contribution in [3.05, 3.63) is 78.6 Å². The predicted molar refractivity (Wildman–Crippen MR) is 87.5 cm³/mol. The highest BCUT2D eigenvalue weighted by Crippen LogP contribution is 2.33. The van der Waals surface area contributed by atoms with E-state index in [1.807, 2.05) is 12.4 Å². The van der Waals surface area contributed by atoms with Gasteiger partial charge in [-0.3, -0.25) is 4.98 Å². The van der Waals surface area contributed by atoms with E-state index in [0.29, 0.717) is 0 Å². The molecule has 0 N–H and O–H groups in total. The first-order valence-corrected chi connectivity index (χ1v) is 7.24. The number of aromatic nitrogens is 2. The molecule has 2 heteroatoms. The Morgan fingerprint density at radius 3 is 1.86 bits per heavy atom. The molecule has 102 valence electrons. The highest BCUT2D eigenvalue weighted by Gasteiger charge is 2.15. The zero-order chi connectivity index (χ0) is 14.2. The number of hydrogen-bond donors (Lipinski definition) is 0. The van der Waals surface area contributed by atoms with Crippen molar-refractivity contribution < 1.29 is 0 Å². The van der Waals surface area contributed by atoms with Crippen LogP contribution in [0.5, 0.6) is 0 Å². The monoisotopic (exact) mass is 272 g/mol. The van der Waals surface area contributed by atoms with Crippen molar-refractivity contribution in [2.75, 3.05) is 0 Å². The summed E-state index contributed by atoms with van der Waals surface area (Å²) in [6, 6.07) is 21.7. The van der Waals surface area contributed by atoms with Crippen LogP contribution in [-0.2, 0) is 0 Å². The van der Waals surface area contributed by atoms with Crippen molar-refractivity contribution in [2.45, 2.75) is 13.0 Å². The molecule has 0 saturated heterocycles. The molecule has 0 saturated carbocycles. The lowest BCUT2D eigenvalue weighted by molar-refractivity contribution is 0.684. The first kappa shape index (κ1) is 12.2. The lowest BCUT2D eigenvalue weighted by Gasteiger charge is -2.17. The number of benzene rings is 2. The minimum Gasteiger partial charge on any atom is -0.333 e. The third kappa shape index (κ3) is 1.83. The van der Waals surface area contributed by atoms with Gasteiger partial charge in [-0.25, -0.2) is 0 Å². The number of fused-ring (bicyclic) bond motifs is 3. The van der Waals surface area contributed by atoms with E-state index in [-0.39, 0.29) is 6.04 Å². The highest BCUT2D eigenvalue weighted by atomic mass is 15.0. The molecule has 0 bridgehead atoms. The zero-order valence-electron chi connectivity index (χ0n) is 11.9. The Hall–Kier alpha value is -2.61. The van der Waals surface area contributed by atoms with Crippen LogP contribution in [0.1, 0.15) is 18.5 Å². The summed E-state index contributed by atoms with van der Waals surface area (Å²) in [5, 5.41) is 2.63. The standard InChI is InChI=1S/C19H16N2/c1-14(15-10-12-20-13-11-15)21-18-8-4-2-6-16(18)17-7-3-5-9-19(17)21/h2-14H,1H3. The van der Waals surface area contributed by atoms with Crippen LogP contribution in [0.3, 0.4) is 0 Å². The summed E-state index contributed by atoms with van der Waals surface area (Å²) in [6.45, 7) is 2.24. The molecular weight excluding hydrogens is 256 g/mol. The Labute approximate surface area is 123 Å². The van der Waals surface area contributed by atoms with Gasteiger partial charge in [-0.15, -0.1) is 0 Å². The van der Waals surface area contributed by atoms with Gasteiger partial charge in [-0.2, -0.15) is 0 Å². The summed E-state index contributed by atoms with van der Waals surface area (Å²) in [4.78, 5) is 4.12. The lowest BCUT2D eigenvalue weighted by Crippen LogP contribution is -2.06. The second-order valence-corrected chi connectivity index (χ2v) is 5.36. The summed E-state index contributed by atoms with van der Waals surface area (Å²) in [5.41, 5.74) is 3.84. The SMILES string of the molecule is CC(c1ccncc1)n1c2ccccc2c2ccccc21. The number of pyridine rings is 1. The van der Waals surface area contributed by atoms with Crippen LogP contribution < -0.4 is 0 Å². The molecule has 2 nitrogen and oxygen atoms in total. The van der Waals surface area contributed by atoms with Gasteiger partial charge in [0.2, 0.25) is 0 Å². The molecule has 2 aromatic heterocycles. The van der Waals surface area contributed by atoms with Gasteiger partial charge in [0.05, 0.1) is 6.04 Å². The maximum Gasteiger partial charge on any atom is 0.0564 e. The fourth-order valence-electron chi connectivity index (χ4n) is 3.16. The molecule has 2 heterocycles. The number of rotatable bonds is 2. The molecule has 2 aromatic carbocycles. The quantitative estimate of drug-likeness (QED) is 0.512. The van der Waals surface area contributed by atoms with Gasteiger partial charge in [0.25, 0.3) is 0 Å². The first-order chi connectivity index (χ1) is 10.4. The first-order valence-electron chi connectivity index (χ1n) is 7.24. The van der Waals surface area contributed by atoms with E-state index < -0.39 is 0 Å². The molecule has 0 fully saturated rings. The van der Waals surface area contributed by atoms with Crippen LogP contribution in [0.25, 0.3) is 21.8 Å². The summed E-state index contributed by atoms with van der Waals surface area (Å²) in [6.07, 6.45) is 3.72. The molecule has 0 spiro atoms. The van der Waals surface area contributed by atoms with Gasteiger partial charge >= 0.3 is 0 Å². The fraction of sp³-hybridized carbons (Fsp3) is 0.105. The number of nitrogens with zero attached hydrogens (tertiary/aromatic N) is 2. The minimum atomic E-state index is 0.276. The predicted octanol–water partition coefficient (Wildman–Crippen LogP) is 4.80. The smallest absolute Gasteiger partial charge is 0.0564 e. The van der Waals surface area contributed by atoms with E-state index in [1.165, 1.54) is 27.4 Å². The third-order valence-corrected chi connectivity index (χ3v) is 4.19. The normalized spacial score (nSPS) is 12.8. The van der Waals surface area contributed by atoms with Gasteiger partial charge in [-0.1, -0.05) is 36.4 Å². The van der Waals surface area contributed by atoms with Crippen LogP contribution in [0.2, 0.25) is 0 Å². The molecule has 0 radical (unpaired) electrons. The van der Waals surface area contributed by atoms with Gasteiger partial charge in [-0.05, 0) is 36.8 Å². The number of hydrogen-bond acceptors (Lipinski definition) is 1. The van der Waals surface area contributed by atoms with Crippen molar-refractivity contribution >= 4 is 21.8 Å². The Kier molecular flexibility index (Phi) is 2.74. The van der Waals surface area contributed by atoms with Crippen molar-refractivity contribution in [3.8, 4) is 0 Å². The van der Waals surface area contributed by atoms with E-state index in [4.69, 9.17) is 0 Å². The molecule has 0 aliphatic heterocycles. The van der Waals surface area contributed by atoms with E-state index in [2.05, 4.69) is 77.1 Å². The van der Waals surface area contributed by atoms with Crippen LogP contribution in [0.4, 0.5) is 0 Å². The van der Waals surface area contributed by atoms with E-state index in [9.17, 15) is 0 Å². The average Bonchev–Trinajstić information content (AvgIpc) is 2.90. The Balaban J connectivity index is 2.06. The maximum absolute atomic E-state index is 4.12. The molecule has 4 rings (SSSR count). The highest BCUT2D eigenvalue weighted by molar-refractivity contribution is 6.08. The van der Waals surface area contributed by atoms with Gasteiger partial charge in [0.1, 0.15) is 0 Å². The minimum absolute atomic E-state index is 0.276. The second kappa shape index (κ2) is 4.74. The average molecular weight is 272 g/mol. The maximum atomic E-state index is 4.12. The topological polar surface area (TPSA) is 17.8 Å². The molecule has 0 aliphatic rings. The molecule has 0 aliphatic carbocycles.